The average molecular weight is 326 g/mol. The number of hydrogen-bond acceptors (Lipinski definition) is 4. The number of halogens is 1. The van der Waals surface area contributed by atoms with Crippen LogP contribution in [0.4, 0.5) is 5.82 Å². The molecule has 0 aliphatic carbocycles. The lowest BCUT2D eigenvalue weighted by Crippen LogP contribution is -2.03. The zero-order valence-corrected chi connectivity index (χ0v) is 13.4. The van der Waals surface area contributed by atoms with Crippen LogP contribution in [0.3, 0.4) is 0 Å². The monoisotopic (exact) mass is 325 g/mol. The molecule has 0 fully saturated rings. The molecule has 1 N–H and O–H groups in total. The molecule has 0 atom stereocenters. The molecule has 0 spiro atoms. The van der Waals surface area contributed by atoms with Crippen LogP contribution in [0.15, 0.2) is 59.0 Å². The third-order valence-corrected chi connectivity index (χ3v) is 3.63. The van der Waals surface area contributed by atoms with Crippen molar-refractivity contribution in [2.45, 2.75) is 13.5 Å². The van der Waals surface area contributed by atoms with Gasteiger partial charge in [0, 0.05) is 11.9 Å². The zero-order chi connectivity index (χ0) is 14.9. The van der Waals surface area contributed by atoms with Gasteiger partial charge in [-0.1, -0.05) is 42.5 Å². The van der Waals surface area contributed by atoms with Crippen molar-refractivity contribution in [2.75, 3.05) is 5.32 Å². The molecule has 2 aromatic carbocycles. The zero-order valence-electron chi connectivity index (χ0n) is 12.6. The van der Waals surface area contributed by atoms with Gasteiger partial charge in [-0.25, -0.2) is 9.97 Å². The summed E-state index contributed by atoms with van der Waals surface area (Å²) in [7, 11) is 0. The van der Waals surface area contributed by atoms with E-state index in [4.69, 9.17) is 4.42 Å². The fourth-order valence-corrected chi connectivity index (χ4v) is 2.60. The highest BCUT2D eigenvalue weighted by atomic mass is 35.5. The van der Waals surface area contributed by atoms with Crippen LogP contribution in [-0.2, 0) is 6.54 Å². The first-order valence-corrected chi connectivity index (χ1v) is 7.25. The highest BCUT2D eigenvalue weighted by Crippen LogP contribution is 2.31. The molecular formula is C18H16ClN3O. The van der Waals surface area contributed by atoms with Crippen molar-refractivity contribution in [3.63, 3.8) is 0 Å². The van der Waals surface area contributed by atoms with Crippen molar-refractivity contribution in [3.8, 4) is 0 Å². The van der Waals surface area contributed by atoms with Crippen LogP contribution in [0.25, 0.3) is 22.1 Å². The maximum absolute atomic E-state index is 5.94. The smallest absolute Gasteiger partial charge is 0.196 e. The van der Waals surface area contributed by atoms with Crippen molar-refractivity contribution in [1.29, 1.82) is 0 Å². The molecule has 116 valence electrons. The Labute approximate surface area is 140 Å². The molecular weight excluding hydrogens is 310 g/mol. The number of nitrogens with zero attached hydrogens (tertiary/aromatic N) is 2. The van der Waals surface area contributed by atoms with E-state index in [0.717, 1.165) is 28.1 Å². The number of furan rings is 1. The topological polar surface area (TPSA) is 51.0 Å². The van der Waals surface area contributed by atoms with Crippen molar-refractivity contribution in [2.24, 2.45) is 0 Å². The highest BCUT2D eigenvalue weighted by molar-refractivity contribution is 6.05. The number of fused-ring (bicyclic) bond motifs is 3. The number of para-hydroxylation sites is 1. The van der Waals surface area contributed by atoms with E-state index in [1.54, 1.807) is 0 Å². The Morgan fingerprint density at radius 3 is 2.52 bits per heavy atom. The van der Waals surface area contributed by atoms with Crippen LogP contribution in [0.5, 0.6) is 0 Å². The molecule has 2 aromatic heterocycles. The normalized spacial score (nSPS) is 10.7. The number of rotatable bonds is 3. The maximum Gasteiger partial charge on any atom is 0.196 e. The van der Waals surface area contributed by atoms with Crippen molar-refractivity contribution in [3.05, 3.63) is 66.0 Å². The molecule has 0 radical (unpaired) electrons. The molecule has 0 aliphatic heterocycles. The summed E-state index contributed by atoms with van der Waals surface area (Å²) in [6, 6.07) is 18.2. The summed E-state index contributed by atoms with van der Waals surface area (Å²) in [5, 5.41) is 4.38. The standard InChI is InChI=1S/C18H15N3O.ClH/c1-12-20-16-14-9-5-6-10-15(14)22-17(16)18(21-12)19-11-13-7-3-2-4-8-13;/h2-10H,11H2,1H3,(H,19,20,21);1H. The molecule has 0 unspecified atom stereocenters. The van der Waals surface area contributed by atoms with Crippen molar-refractivity contribution >= 4 is 40.3 Å². The van der Waals surface area contributed by atoms with Crippen LogP contribution >= 0.6 is 12.4 Å². The van der Waals surface area contributed by atoms with Crippen LogP contribution in [0.1, 0.15) is 11.4 Å². The van der Waals surface area contributed by atoms with E-state index in [0.29, 0.717) is 12.1 Å². The summed E-state index contributed by atoms with van der Waals surface area (Å²) in [6.45, 7) is 2.60. The lowest BCUT2D eigenvalue weighted by atomic mass is 10.2. The first-order chi connectivity index (χ1) is 10.8. The number of nitrogens with one attached hydrogen (secondary N) is 1. The van der Waals surface area contributed by atoms with E-state index >= 15 is 0 Å². The lowest BCUT2D eigenvalue weighted by molar-refractivity contribution is 0.666. The molecule has 2 heterocycles. The van der Waals surface area contributed by atoms with Gasteiger partial charge in [0.05, 0.1) is 0 Å². The van der Waals surface area contributed by atoms with Gasteiger partial charge >= 0.3 is 0 Å². The number of aryl methyl sites for hydroxylation is 1. The Hall–Kier alpha value is -2.59. The summed E-state index contributed by atoms with van der Waals surface area (Å²) in [5.41, 5.74) is 3.60. The van der Waals surface area contributed by atoms with Gasteiger partial charge in [-0.05, 0) is 24.6 Å². The predicted octanol–water partition coefficient (Wildman–Crippen LogP) is 4.72. The maximum atomic E-state index is 5.94. The molecule has 0 saturated heterocycles. The third-order valence-electron chi connectivity index (χ3n) is 3.63. The van der Waals surface area contributed by atoms with Gasteiger partial charge in [-0.3, -0.25) is 0 Å². The Morgan fingerprint density at radius 1 is 0.957 bits per heavy atom. The summed E-state index contributed by atoms with van der Waals surface area (Å²) in [5.74, 6) is 1.47. The largest absolute Gasteiger partial charge is 0.450 e. The summed E-state index contributed by atoms with van der Waals surface area (Å²) >= 11 is 0. The summed E-state index contributed by atoms with van der Waals surface area (Å²) in [4.78, 5) is 9.03. The van der Waals surface area contributed by atoms with Gasteiger partial charge in [0.15, 0.2) is 11.4 Å². The predicted molar refractivity (Wildman–Crippen MR) is 95.1 cm³/mol. The molecule has 5 heteroatoms. The molecule has 4 rings (SSSR count). The van der Waals surface area contributed by atoms with Crippen LogP contribution in [-0.4, -0.2) is 9.97 Å². The van der Waals surface area contributed by atoms with Crippen molar-refractivity contribution < 1.29 is 4.42 Å². The average Bonchev–Trinajstić information content (AvgIpc) is 2.92. The number of benzene rings is 2. The molecule has 0 saturated carbocycles. The van der Waals surface area contributed by atoms with Gasteiger partial charge in [0.1, 0.15) is 16.9 Å². The van der Waals surface area contributed by atoms with Gasteiger partial charge in [0.2, 0.25) is 0 Å². The highest BCUT2D eigenvalue weighted by Gasteiger charge is 2.14. The minimum Gasteiger partial charge on any atom is -0.450 e. The van der Waals surface area contributed by atoms with Gasteiger partial charge in [-0.2, -0.15) is 0 Å². The second-order valence-electron chi connectivity index (χ2n) is 5.23. The lowest BCUT2D eigenvalue weighted by Gasteiger charge is -2.06. The molecule has 0 amide bonds. The van der Waals surface area contributed by atoms with Gasteiger partial charge in [-0.15, -0.1) is 12.4 Å². The molecule has 0 aliphatic rings. The summed E-state index contributed by atoms with van der Waals surface area (Å²) < 4.78 is 5.94. The van der Waals surface area contributed by atoms with E-state index in [1.165, 1.54) is 5.56 Å². The van der Waals surface area contributed by atoms with Crippen LogP contribution in [0, 0.1) is 6.92 Å². The Morgan fingerprint density at radius 2 is 1.70 bits per heavy atom. The SMILES string of the molecule is Cc1nc(NCc2ccccc2)c2oc3ccccc3c2n1.Cl. The van der Waals surface area contributed by atoms with Crippen LogP contribution < -0.4 is 5.32 Å². The second kappa shape index (κ2) is 6.26. The third kappa shape index (κ3) is 2.85. The molecule has 0 bridgehead atoms. The van der Waals surface area contributed by atoms with Gasteiger partial charge < -0.3 is 9.73 Å². The van der Waals surface area contributed by atoms with E-state index in [9.17, 15) is 0 Å². The quantitative estimate of drug-likeness (QED) is 0.592. The van der Waals surface area contributed by atoms with E-state index < -0.39 is 0 Å². The van der Waals surface area contributed by atoms with E-state index in [2.05, 4.69) is 27.4 Å². The van der Waals surface area contributed by atoms with Gasteiger partial charge in [0.25, 0.3) is 0 Å². The molecule has 4 nitrogen and oxygen atoms in total. The van der Waals surface area contributed by atoms with E-state index in [-0.39, 0.29) is 12.4 Å². The number of hydrogen-bond donors (Lipinski definition) is 1. The Kier molecular flexibility index (Phi) is 4.17. The molecule has 4 aromatic rings. The number of aromatic nitrogens is 2. The first-order valence-electron chi connectivity index (χ1n) is 7.25. The fraction of sp³-hybridized carbons (Fsp3) is 0.111. The minimum atomic E-state index is 0. The fourth-order valence-electron chi connectivity index (χ4n) is 2.60. The van der Waals surface area contributed by atoms with Crippen LogP contribution in [0.2, 0.25) is 0 Å². The van der Waals surface area contributed by atoms with Crippen molar-refractivity contribution in [1.82, 2.24) is 9.97 Å². The minimum absolute atomic E-state index is 0. The first kappa shape index (κ1) is 15.3. The summed E-state index contributed by atoms with van der Waals surface area (Å²) in [6.07, 6.45) is 0. The molecule has 23 heavy (non-hydrogen) atoms. The second-order valence-corrected chi connectivity index (χ2v) is 5.23. The number of anilines is 1. The van der Waals surface area contributed by atoms with E-state index in [1.807, 2.05) is 49.4 Å². The Balaban J connectivity index is 0.00000156. The Bertz CT molecular complexity index is 950.